The number of hydrogen-bond donors (Lipinski definition) is 2. The van der Waals surface area contributed by atoms with Crippen LogP contribution in [-0.2, 0) is 9.59 Å². The van der Waals surface area contributed by atoms with Crippen molar-refractivity contribution in [3.05, 3.63) is 22.5 Å². The monoisotopic (exact) mass is 194 g/mol. The molecule has 0 radical (unpaired) electrons. The number of nitrogens with one attached hydrogen (secondary N) is 2. The lowest BCUT2D eigenvalue weighted by Crippen LogP contribution is -2.33. The zero-order chi connectivity index (χ0) is 10.9. The van der Waals surface area contributed by atoms with Gasteiger partial charge in [0.15, 0.2) is 0 Å². The Morgan fingerprint density at radius 1 is 0.786 bits per heavy atom. The Morgan fingerprint density at radius 3 is 1.29 bits per heavy atom. The van der Waals surface area contributed by atoms with Gasteiger partial charge in [-0.3, -0.25) is 9.59 Å². The number of allylic oxidation sites excluding steroid dienone is 2. The summed E-state index contributed by atoms with van der Waals surface area (Å²) in [7, 11) is 3.26. The number of rotatable bonds is 2. The quantitative estimate of drug-likeness (QED) is 0.613. The first-order valence-corrected chi connectivity index (χ1v) is 4.41. The van der Waals surface area contributed by atoms with Gasteiger partial charge in [0.2, 0.25) is 11.6 Å². The second-order valence-corrected chi connectivity index (χ2v) is 3.16. The number of carbonyl (C=O) groups is 2. The van der Waals surface area contributed by atoms with Crippen LogP contribution in [0.2, 0.25) is 0 Å². The molecule has 0 saturated carbocycles. The molecule has 2 N–H and O–H groups in total. The molecule has 0 fully saturated rings. The van der Waals surface area contributed by atoms with Crippen LogP contribution in [0.4, 0.5) is 0 Å². The van der Waals surface area contributed by atoms with E-state index in [1.165, 1.54) is 0 Å². The fourth-order valence-electron chi connectivity index (χ4n) is 1.42. The number of Topliss-reactive ketones (excluding diaryl/α,β-unsaturated/α-hetero) is 2. The van der Waals surface area contributed by atoms with Gasteiger partial charge < -0.3 is 10.6 Å². The predicted molar refractivity (Wildman–Crippen MR) is 53.5 cm³/mol. The van der Waals surface area contributed by atoms with Gasteiger partial charge in [0, 0.05) is 25.2 Å². The van der Waals surface area contributed by atoms with Crippen LogP contribution in [-0.4, -0.2) is 25.7 Å². The maximum atomic E-state index is 11.7. The predicted octanol–water partition coefficient (Wildman–Crippen LogP) is 0.125. The van der Waals surface area contributed by atoms with E-state index >= 15 is 0 Å². The average Bonchev–Trinajstić information content (AvgIpc) is 2.20. The summed E-state index contributed by atoms with van der Waals surface area (Å²) in [4.78, 5) is 23.4. The Morgan fingerprint density at radius 2 is 1.07 bits per heavy atom. The van der Waals surface area contributed by atoms with E-state index in [1.807, 2.05) is 0 Å². The molecule has 0 spiro atoms. The topological polar surface area (TPSA) is 58.2 Å². The summed E-state index contributed by atoms with van der Waals surface area (Å²) in [6.07, 6.45) is 0. The molecule has 1 aliphatic carbocycles. The standard InChI is InChI=1S/C10H14N2O2/c1-5-6(2)10(14)8(12-4)7(11-3)9(5)13/h11-12H,1-4H3. The summed E-state index contributed by atoms with van der Waals surface area (Å²) < 4.78 is 0. The van der Waals surface area contributed by atoms with E-state index < -0.39 is 0 Å². The third kappa shape index (κ3) is 1.32. The number of carbonyl (C=O) groups excluding carboxylic acids is 2. The molecule has 1 aliphatic rings. The van der Waals surface area contributed by atoms with E-state index in [4.69, 9.17) is 0 Å². The Labute approximate surface area is 83.1 Å². The summed E-state index contributed by atoms with van der Waals surface area (Å²) in [5.74, 6) is -0.233. The highest BCUT2D eigenvalue weighted by Gasteiger charge is 2.28. The second-order valence-electron chi connectivity index (χ2n) is 3.16. The van der Waals surface area contributed by atoms with Gasteiger partial charge in [-0.15, -0.1) is 0 Å². The highest BCUT2D eigenvalue weighted by Crippen LogP contribution is 2.20. The first-order chi connectivity index (χ1) is 6.54. The zero-order valence-corrected chi connectivity index (χ0v) is 8.82. The molecule has 4 nitrogen and oxygen atoms in total. The van der Waals surface area contributed by atoms with Crippen LogP contribution in [0.5, 0.6) is 0 Å². The molecule has 0 heterocycles. The molecule has 14 heavy (non-hydrogen) atoms. The van der Waals surface area contributed by atoms with Crippen molar-refractivity contribution in [2.45, 2.75) is 13.8 Å². The lowest BCUT2D eigenvalue weighted by molar-refractivity contribution is -0.117. The normalized spacial score (nSPS) is 17.7. The van der Waals surface area contributed by atoms with Crippen molar-refractivity contribution in [1.29, 1.82) is 0 Å². The van der Waals surface area contributed by atoms with E-state index in [0.29, 0.717) is 22.5 Å². The summed E-state index contributed by atoms with van der Waals surface area (Å²) in [5, 5.41) is 5.50. The molecule has 4 heteroatoms. The molecule has 0 bridgehead atoms. The van der Waals surface area contributed by atoms with Crippen LogP contribution in [0.3, 0.4) is 0 Å². The molecule has 0 unspecified atom stereocenters. The van der Waals surface area contributed by atoms with Crippen LogP contribution in [0, 0.1) is 0 Å². The highest BCUT2D eigenvalue weighted by molar-refractivity contribution is 6.24. The summed E-state index contributed by atoms with van der Waals surface area (Å²) in [6, 6.07) is 0. The summed E-state index contributed by atoms with van der Waals surface area (Å²) in [6.45, 7) is 3.33. The number of likely N-dealkylation sites (N-methyl/N-ethyl adjacent to an activating group) is 2. The van der Waals surface area contributed by atoms with Gasteiger partial charge >= 0.3 is 0 Å². The second kappa shape index (κ2) is 3.65. The Hall–Kier alpha value is -1.58. The van der Waals surface area contributed by atoms with Gasteiger partial charge in [0.25, 0.3) is 0 Å². The minimum Gasteiger partial charge on any atom is -0.383 e. The molecule has 1 rings (SSSR count). The van der Waals surface area contributed by atoms with E-state index in [-0.39, 0.29) is 11.6 Å². The van der Waals surface area contributed by atoms with E-state index in [0.717, 1.165) is 0 Å². The van der Waals surface area contributed by atoms with Gasteiger partial charge in [-0.25, -0.2) is 0 Å². The van der Waals surface area contributed by atoms with E-state index in [2.05, 4.69) is 10.6 Å². The molecular weight excluding hydrogens is 180 g/mol. The smallest absolute Gasteiger partial charge is 0.207 e. The molecule has 76 valence electrons. The van der Waals surface area contributed by atoms with Crippen molar-refractivity contribution in [2.24, 2.45) is 0 Å². The van der Waals surface area contributed by atoms with Gasteiger partial charge in [-0.1, -0.05) is 0 Å². The highest BCUT2D eigenvalue weighted by atomic mass is 16.1. The first-order valence-electron chi connectivity index (χ1n) is 4.41. The molecule has 0 aromatic carbocycles. The van der Waals surface area contributed by atoms with E-state index in [1.54, 1.807) is 27.9 Å². The summed E-state index contributed by atoms with van der Waals surface area (Å²) >= 11 is 0. The lowest BCUT2D eigenvalue weighted by atomic mass is 9.92. The van der Waals surface area contributed by atoms with Crippen LogP contribution < -0.4 is 10.6 Å². The zero-order valence-electron chi connectivity index (χ0n) is 8.82. The first kappa shape index (κ1) is 10.5. The van der Waals surface area contributed by atoms with Crippen molar-refractivity contribution in [3.63, 3.8) is 0 Å². The third-order valence-corrected chi connectivity index (χ3v) is 2.45. The van der Waals surface area contributed by atoms with Crippen molar-refractivity contribution in [2.75, 3.05) is 14.1 Å². The van der Waals surface area contributed by atoms with Gasteiger partial charge in [-0.05, 0) is 13.8 Å². The maximum absolute atomic E-state index is 11.7. The van der Waals surface area contributed by atoms with Crippen molar-refractivity contribution in [3.8, 4) is 0 Å². The minimum atomic E-state index is -0.117. The molecule has 0 atom stereocenters. The van der Waals surface area contributed by atoms with Crippen molar-refractivity contribution >= 4 is 11.6 Å². The van der Waals surface area contributed by atoms with E-state index in [9.17, 15) is 9.59 Å². The molecule has 0 amide bonds. The van der Waals surface area contributed by atoms with Gasteiger partial charge in [0.1, 0.15) is 11.4 Å². The number of hydrogen-bond acceptors (Lipinski definition) is 4. The third-order valence-electron chi connectivity index (χ3n) is 2.45. The average molecular weight is 194 g/mol. The fraction of sp³-hybridized carbons (Fsp3) is 0.400. The van der Waals surface area contributed by atoms with Crippen LogP contribution >= 0.6 is 0 Å². The van der Waals surface area contributed by atoms with Gasteiger partial charge in [0.05, 0.1) is 0 Å². The van der Waals surface area contributed by atoms with Crippen molar-refractivity contribution < 1.29 is 9.59 Å². The largest absolute Gasteiger partial charge is 0.383 e. The molecule has 0 aromatic rings. The number of ketones is 2. The summed E-state index contributed by atoms with van der Waals surface area (Å²) in [5.41, 5.74) is 1.72. The SMILES string of the molecule is CNC1=C(NC)C(=O)C(C)=C(C)C1=O. The van der Waals surface area contributed by atoms with Crippen LogP contribution in [0.15, 0.2) is 22.5 Å². The fourth-order valence-corrected chi connectivity index (χ4v) is 1.42. The molecule has 0 aliphatic heterocycles. The minimum absolute atomic E-state index is 0.117. The molecular formula is C10H14N2O2. The Bertz CT molecular complexity index is 330. The molecule has 0 aromatic heterocycles. The van der Waals surface area contributed by atoms with Gasteiger partial charge in [-0.2, -0.15) is 0 Å². The van der Waals surface area contributed by atoms with Crippen LogP contribution in [0.1, 0.15) is 13.8 Å². The molecule has 0 saturated heterocycles. The Balaban J connectivity index is 3.31. The lowest BCUT2D eigenvalue weighted by Gasteiger charge is -2.19. The maximum Gasteiger partial charge on any atom is 0.207 e. The van der Waals surface area contributed by atoms with Crippen molar-refractivity contribution in [1.82, 2.24) is 10.6 Å². The Kier molecular flexibility index (Phi) is 2.74. The van der Waals surface area contributed by atoms with Crippen LogP contribution in [0.25, 0.3) is 0 Å².